The fraction of sp³-hybridized carbons (Fsp3) is 0.462. The van der Waals surface area contributed by atoms with Gasteiger partial charge in [0.05, 0.1) is 7.11 Å². The van der Waals surface area contributed by atoms with Crippen LogP contribution in [-0.4, -0.2) is 23.7 Å². The Bertz CT molecular complexity index is 369. The Balaban J connectivity index is 2.89. The molecule has 0 heterocycles. The lowest BCUT2D eigenvalue weighted by molar-refractivity contribution is -0.142. The van der Waals surface area contributed by atoms with Gasteiger partial charge in [0.15, 0.2) is 0 Å². The zero-order valence-electron chi connectivity index (χ0n) is 10.5. The molecule has 0 unspecified atom stereocenters. The first kappa shape index (κ1) is 13.4. The molecule has 17 heavy (non-hydrogen) atoms. The number of aliphatic carboxylic acids is 1. The predicted octanol–water partition coefficient (Wildman–Crippen LogP) is 2.75. The number of carboxylic acids is 1. The highest BCUT2D eigenvalue weighted by atomic mass is 16.5. The molecule has 1 aromatic carbocycles. The van der Waals surface area contributed by atoms with Gasteiger partial charge in [-0.25, -0.2) is 4.79 Å². The molecule has 1 rings (SSSR count). The van der Waals surface area contributed by atoms with Crippen molar-refractivity contribution in [2.75, 3.05) is 12.4 Å². The summed E-state index contributed by atoms with van der Waals surface area (Å²) in [5, 5.41) is 12.4. The van der Waals surface area contributed by atoms with E-state index in [0.29, 0.717) is 12.8 Å². The van der Waals surface area contributed by atoms with Crippen LogP contribution in [0.3, 0.4) is 0 Å². The third-order valence-corrected chi connectivity index (χ3v) is 3.09. The molecule has 94 valence electrons. The summed E-state index contributed by atoms with van der Waals surface area (Å²) >= 11 is 0. The van der Waals surface area contributed by atoms with Crippen LogP contribution in [0.25, 0.3) is 0 Å². The minimum Gasteiger partial charge on any atom is -0.497 e. The summed E-state index contributed by atoms with van der Waals surface area (Å²) in [4.78, 5) is 11.3. The van der Waals surface area contributed by atoms with Crippen LogP contribution in [0.2, 0.25) is 0 Å². The maximum Gasteiger partial charge on any atom is 0.329 e. The van der Waals surface area contributed by atoms with E-state index in [1.165, 1.54) is 0 Å². The van der Waals surface area contributed by atoms with Gasteiger partial charge in [0.1, 0.15) is 11.3 Å². The third kappa shape index (κ3) is 2.90. The lowest BCUT2D eigenvalue weighted by Crippen LogP contribution is -2.45. The Labute approximate surface area is 102 Å². The average Bonchev–Trinajstić information content (AvgIpc) is 2.36. The lowest BCUT2D eigenvalue weighted by atomic mass is 9.92. The van der Waals surface area contributed by atoms with Gasteiger partial charge in [-0.3, -0.25) is 0 Å². The molecule has 4 nitrogen and oxygen atoms in total. The number of anilines is 1. The second-order valence-electron chi connectivity index (χ2n) is 3.95. The van der Waals surface area contributed by atoms with Gasteiger partial charge in [-0.2, -0.15) is 0 Å². The van der Waals surface area contributed by atoms with E-state index in [-0.39, 0.29) is 0 Å². The maximum atomic E-state index is 11.3. The van der Waals surface area contributed by atoms with Crippen LogP contribution in [-0.2, 0) is 4.79 Å². The Kier molecular flexibility index (Phi) is 4.37. The quantitative estimate of drug-likeness (QED) is 0.798. The number of ether oxygens (including phenoxy) is 1. The van der Waals surface area contributed by atoms with Crippen LogP contribution >= 0.6 is 0 Å². The van der Waals surface area contributed by atoms with Gasteiger partial charge < -0.3 is 15.2 Å². The highest BCUT2D eigenvalue weighted by Gasteiger charge is 2.34. The molecule has 0 aliphatic carbocycles. The fourth-order valence-corrected chi connectivity index (χ4v) is 1.73. The van der Waals surface area contributed by atoms with Crippen LogP contribution in [0.1, 0.15) is 26.7 Å². The molecular formula is C13H19NO3. The molecule has 0 aromatic heterocycles. The predicted molar refractivity (Wildman–Crippen MR) is 67.6 cm³/mol. The summed E-state index contributed by atoms with van der Waals surface area (Å²) in [6, 6.07) is 7.25. The van der Waals surface area contributed by atoms with Gasteiger partial charge in [0, 0.05) is 5.69 Å². The van der Waals surface area contributed by atoms with E-state index >= 15 is 0 Å². The fourth-order valence-electron chi connectivity index (χ4n) is 1.73. The highest BCUT2D eigenvalue weighted by Crippen LogP contribution is 2.24. The molecule has 0 fully saturated rings. The zero-order valence-corrected chi connectivity index (χ0v) is 10.5. The highest BCUT2D eigenvalue weighted by molar-refractivity contribution is 5.82. The van der Waals surface area contributed by atoms with E-state index < -0.39 is 11.5 Å². The standard InChI is InChI=1S/C13H19NO3/c1-4-13(5-2,12(15)16)14-10-6-8-11(17-3)9-7-10/h6-9,14H,4-5H2,1-3H3,(H,15,16). The SMILES string of the molecule is CCC(CC)(Nc1ccc(OC)cc1)C(=O)O. The van der Waals surface area contributed by atoms with Crippen molar-refractivity contribution in [3.8, 4) is 5.75 Å². The summed E-state index contributed by atoms with van der Waals surface area (Å²) in [6.45, 7) is 3.74. The van der Waals surface area contributed by atoms with Crippen molar-refractivity contribution in [1.82, 2.24) is 0 Å². The summed E-state index contributed by atoms with van der Waals surface area (Å²) in [5.41, 5.74) is -0.105. The molecule has 0 aliphatic heterocycles. The molecule has 0 spiro atoms. The van der Waals surface area contributed by atoms with E-state index in [1.807, 2.05) is 26.0 Å². The molecular weight excluding hydrogens is 218 g/mol. The number of carboxylic acid groups (broad SMARTS) is 1. The normalized spacial score (nSPS) is 11.0. The smallest absolute Gasteiger partial charge is 0.329 e. The number of nitrogens with one attached hydrogen (secondary N) is 1. The maximum absolute atomic E-state index is 11.3. The monoisotopic (exact) mass is 237 g/mol. The number of hydrogen-bond acceptors (Lipinski definition) is 3. The van der Waals surface area contributed by atoms with Crippen molar-refractivity contribution in [3.63, 3.8) is 0 Å². The third-order valence-electron chi connectivity index (χ3n) is 3.09. The van der Waals surface area contributed by atoms with E-state index in [2.05, 4.69) is 5.32 Å². The van der Waals surface area contributed by atoms with Gasteiger partial charge in [-0.15, -0.1) is 0 Å². The van der Waals surface area contributed by atoms with Gasteiger partial charge >= 0.3 is 5.97 Å². The minimum absolute atomic E-state index is 0.533. The first-order valence-corrected chi connectivity index (χ1v) is 5.73. The largest absolute Gasteiger partial charge is 0.497 e. The van der Waals surface area contributed by atoms with Crippen molar-refractivity contribution in [3.05, 3.63) is 24.3 Å². The molecule has 0 radical (unpaired) electrons. The van der Waals surface area contributed by atoms with E-state index in [1.54, 1.807) is 19.2 Å². The Morgan fingerprint density at radius 1 is 1.29 bits per heavy atom. The molecule has 0 amide bonds. The molecule has 0 atom stereocenters. The zero-order chi connectivity index (χ0) is 12.9. The number of benzene rings is 1. The van der Waals surface area contributed by atoms with Gasteiger partial charge in [0.25, 0.3) is 0 Å². The topological polar surface area (TPSA) is 58.6 Å². The minimum atomic E-state index is -0.894. The molecule has 0 bridgehead atoms. The second kappa shape index (κ2) is 5.57. The molecule has 0 aliphatic rings. The summed E-state index contributed by atoms with van der Waals surface area (Å²) in [6.07, 6.45) is 1.07. The molecule has 1 aromatic rings. The van der Waals surface area contributed by atoms with Crippen molar-refractivity contribution < 1.29 is 14.6 Å². The van der Waals surface area contributed by atoms with Crippen molar-refractivity contribution in [2.45, 2.75) is 32.2 Å². The van der Waals surface area contributed by atoms with Crippen molar-refractivity contribution >= 4 is 11.7 Å². The molecule has 0 saturated carbocycles. The number of rotatable bonds is 6. The van der Waals surface area contributed by atoms with Crippen molar-refractivity contribution in [2.24, 2.45) is 0 Å². The van der Waals surface area contributed by atoms with Gasteiger partial charge in [-0.05, 0) is 37.1 Å². The summed E-state index contributed by atoms with van der Waals surface area (Å²) in [7, 11) is 1.60. The number of methoxy groups -OCH3 is 1. The molecule has 0 saturated heterocycles. The van der Waals surface area contributed by atoms with E-state index in [4.69, 9.17) is 4.74 Å². The van der Waals surface area contributed by atoms with E-state index in [0.717, 1.165) is 11.4 Å². The van der Waals surface area contributed by atoms with E-state index in [9.17, 15) is 9.90 Å². The Hall–Kier alpha value is -1.71. The Morgan fingerprint density at radius 2 is 1.82 bits per heavy atom. The van der Waals surface area contributed by atoms with Crippen LogP contribution in [0, 0.1) is 0 Å². The summed E-state index contributed by atoms with van der Waals surface area (Å²) < 4.78 is 5.06. The second-order valence-corrected chi connectivity index (χ2v) is 3.95. The van der Waals surface area contributed by atoms with Crippen LogP contribution in [0.15, 0.2) is 24.3 Å². The first-order valence-electron chi connectivity index (χ1n) is 5.73. The van der Waals surface area contributed by atoms with Crippen LogP contribution in [0.5, 0.6) is 5.75 Å². The average molecular weight is 237 g/mol. The molecule has 2 N–H and O–H groups in total. The lowest BCUT2D eigenvalue weighted by Gasteiger charge is -2.29. The van der Waals surface area contributed by atoms with Gasteiger partial charge in [-0.1, -0.05) is 13.8 Å². The summed E-state index contributed by atoms with van der Waals surface area (Å²) in [5.74, 6) is -0.0669. The number of hydrogen-bond donors (Lipinski definition) is 2. The van der Waals surface area contributed by atoms with Crippen molar-refractivity contribution in [1.29, 1.82) is 0 Å². The Morgan fingerprint density at radius 3 is 2.18 bits per heavy atom. The van der Waals surface area contributed by atoms with Gasteiger partial charge in [0.2, 0.25) is 0 Å². The van der Waals surface area contributed by atoms with Crippen LogP contribution in [0.4, 0.5) is 5.69 Å². The number of carbonyl (C=O) groups is 1. The van der Waals surface area contributed by atoms with Crippen LogP contribution < -0.4 is 10.1 Å². The first-order chi connectivity index (χ1) is 8.07. The molecule has 4 heteroatoms.